The number of benzene rings is 2. The van der Waals surface area contributed by atoms with Gasteiger partial charge < -0.3 is 19.9 Å². The second-order valence-corrected chi connectivity index (χ2v) is 8.33. The number of rotatable bonds is 5. The number of piperidine rings is 1. The molecule has 1 atom stereocenters. The van der Waals surface area contributed by atoms with E-state index in [2.05, 4.69) is 52.7 Å². The summed E-state index contributed by atoms with van der Waals surface area (Å²) in [5.41, 5.74) is 4.54. The average Bonchev–Trinajstić information content (AvgIpc) is 2.75. The fourth-order valence-electron chi connectivity index (χ4n) is 4.02. The highest BCUT2D eigenvalue weighted by Crippen LogP contribution is 2.37. The van der Waals surface area contributed by atoms with Crippen LogP contribution in [0.1, 0.15) is 24.0 Å². The van der Waals surface area contributed by atoms with E-state index in [4.69, 9.17) is 4.74 Å². The first kappa shape index (κ1) is 24.7. The third-order valence-corrected chi connectivity index (χ3v) is 6.57. The van der Waals surface area contributed by atoms with Crippen molar-refractivity contribution >= 4 is 53.2 Å². The summed E-state index contributed by atoms with van der Waals surface area (Å²) in [6.07, 6.45) is 2.36. The smallest absolute Gasteiger partial charge is 0.286 e. The third kappa shape index (κ3) is 5.35. The van der Waals surface area contributed by atoms with Gasteiger partial charge in [-0.1, -0.05) is 30.0 Å². The number of methoxy groups -OCH3 is 1. The molecule has 30 heavy (non-hydrogen) atoms. The Kier molecular flexibility index (Phi) is 9.16. The molecule has 2 aliphatic rings. The Morgan fingerprint density at radius 1 is 1.20 bits per heavy atom. The number of nitrogens with zero attached hydrogens (tertiary/aromatic N) is 2. The van der Waals surface area contributed by atoms with Gasteiger partial charge in [0.1, 0.15) is 5.75 Å². The molecule has 0 aromatic heterocycles. The van der Waals surface area contributed by atoms with Gasteiger partial charge in [0.05, 0.1) is 7.11 Å². The van der Waals surface area contributed by atoms with Crippen LogP contribution in [0.4, 0.5) is 16.2 Å². The number of para-hydroxylation sites is 1. The third-order valence-electron chi connectivity index (χ3n) is 5.59. The average molecular weight is 470 g/mol. The lowest BCUT2D eigenvalue weighted by Crippen LogP contribution is -2.45. The predicted molar refractivity (Wildman–Crippen MR) is 131 cm³/mol. The van der Waals surface area contributed by atoms with Crippen LogP contribution in [0.3, 0.4) is 0 Å². The van der Waals surface area contributed by atoms with Crippen LogP contribution in [0.2, 0.25) is 0 Å². The molecular formula is C22H29Cl2N3O2S. The van der Waals surface area contributed by atoms with Crippen molar-refractivity contribution < 1.29 is 9.53 Å². The molecule has 2 aliphatic heterocycles. The normalized spacial score (nSPS) is 18.2. The molecule has 1 N–H and O–H groups in total. The predicted octanol–water partition coefficient (Wildman–Crippen LogP) is 5.10. The molecule has 0 unspecified atom stereocenters. The van der Waals surface area contributed by atoms with E-state index in [9.17, 15) is 4.79 Å². The van der Waals surface area contributed by atoms with Gasteiger partial charge in [0.25, 0.3) is 5.24 Å². The molecule has 2 aromatic rings. The van der Waals surface area contributed by atoms with Gasteiger partial charge in [0.2, 0.25) is 0 Å². The van der Waals surface area contributed by atoms with Crippen molar-refractivity contribution in [1.29, 1.82) is 0 Å². The zero-order chi connectivity index (χ0) is 19.5. The minimum Gasteiger partial charge on any atom is -0.496 e. The molecule has 2 aromatic carbocycles. The molecule has 0 spiro atoms. The van der Waals surface area contributed by atoms with Crippen molar-refractivity contribution in [2.75, 3.05) is 37.0 Å². The van der Waals surface area contributed by atoms with Gasteiger partial charge in [-0.25, -0.2) is 0 Å². The Balaban J connectivity index is 0.00000160. The molecule has 0 bridgehead atoms. The summed E-state index contributed by atoms with van der Waals surface area (Å²) in [7, 11) is 3.56. The van der Waals surface area contributed by atoms with Crippen molar-refractivity contribution in [2.45, 2.75) is 31.2 Å². The van der Waals surface area contributed by atoms with Crippen molar-refractivity contribution in [3.05, 3.63) is 53.6 Å². The zero-order valence-electron chi connectivity index (χ0n) is 17.3. The molecule has 1 amide bonds. The number of anilines is 2. The summed E-state index contributed by atoms with van der Waals surface area (Å²) in [6.45, 7) is 2.85. The van der Waals surface area contributed by atoms with Gasteiger partial charge in [0.15, 0.2) is 0 Å². The number of halogens is 2. The Morgan fingerprint density at radius 2 is 1.97 bits per heavy atom. The fourth-order valence-corrected chi connectivity index (χ4v) is 4.82. The highest BCUT2D eigenvalue weighted by Gasteiger charge is 2.24. The number of amides is 1. The molecule has 4 rings (SSSR count). The van der Waals surface area contributed by atoms with Crippen LogP contribution in [0.25, 0.3) is 0 Å². The Hall–Kier alpha value is -1.60. The standard InChI is InChI=1S/C22H27N3O2S.2ClH/c1-24-20-11-16(21(27-2)12-17(20)15-28-22(24)26)13-23-18-7-6-10-25(14-18)19-8-4-3-5-9-19;;/h3-5,8-9,11-12,18,23H,6-7,10,13-15H2,1-2H3;2*1H/t18-;;/m0../s1. The lowest BCUT2D eigenvalue weighted by molar-refractivity contribution is 0.266. The zero-order valence-corrected chi connectivity index (χ0v) is 19.7. The largest absolute Gasteiger partial charge is 0.496 e. The topological polar surface area (TPSA) is 44.8 Å². The van der Waals surface area contributed by atoms with Crippen molar-refractivity contribution in [3.63, 3.8) is 0 Å². The van der Waals surface area contributed by atoms with Crippen LogP contribution in [0.15, 0.2) is 42.5 Å². The Morgan fingerprint density at radius 3 is 2.70 bits per heavy atom. The van der Waals surface area contributed by atoms with Crippen LogP contribution < -0.4 is 19.9 Å². The quantitative estimate of drug-likeness (QED) is 0.659. The SMILES string of the molecule is COc1cc2c(cc1CN[C@H]1CCCN(c3ccccc3)C1)N(C)C(=O)SC2.Cl.Cl. The van der Waals surface area contributed by atoms with Crippen LogP contribution in [0, 0.1) is 0 Å². The summed E-state index contributed by atoms with van der Waals surface area (Å²) in [6, 6.07) is 15.2. The van der Waals surface area contributed by atoms with E-state index < -0.39 is 0 Å². The second kappa shape index (κ2) is 11.1. The van der Waals surface area contributed by atoms with Gasteiger partial charge in [0, 0.05) is 55.4 Å². The second-order valence-electron chi connectivity index (χ2n) is 7.41. The molecule has 0 radical (unpaired) electrons. The number of carbonyl (C=O) groups excluding carboxylic acids is 1. The summed E-state index contributed by atoms with van der Waals surface area (Å²) >= 11 is 1.34. The van der Waals surface area contributed by atoms with Crippen LogP contribution in [-0.2, 0) is 12.3 Å². The molecule has 2 heterocycles. The molecule has 0 saturated carbocycles. The number of nitrogens with one attached hydrogen (secondary N) is 1. The van der Waals surface area contributed by atoms with E-state index in [-0.39, 0.29) is 30.1 Å². The van der Waals surface area contributed by atoms with E-state index in [1.54, 1.807) is 12.0 Å². The number of thioether (sulfide) groups is 1. The maximum absolute atomic E-state index is 12.0. The van der Waals surface area contributed by atoms with Crippen molar-refractivity contribution in [2.24, 2.45) is 0 Å². The van der Waals surface area contributed by atoms with Crippen LogP contribution in [-0.4, -0.2) is 38.5 Å². The summed E-state index contributed by atoms with van der Waals surface area (Å²) < 4.78 is 5.64. The highest BCUT2D eigenvalue weighted by molar-refractivity contribution is 8.13. The first-order valence-corrected chi connectivity index (χ1v) is 10.8. The van der Waals surface area contributed by atoms with Gasteiger partial charge in [-0.05, 0) is 42.7 Å². The Bertz CT molecular complexity index is 854. The molecule has 164 valence electrons. The van der Waals surface area contributed by atoms with Crippen molar-refractivity contribution in [3.8, 4) is 5.75 Å². The van der Waals surface area contributed by atoms with Gasteiger partial charge in [-0.15, -0.1) is 24.8 Å². The van der Waals surface area contributed by atoms with E-state index >= 15 is 0 Å². The van der Waals surface area contributed by atoms with E-state index in [0.29, 0.717) is 11.8 Å². The van der Waals surface area contributed by atoms with E-state index in [1.807, 2.05) is 7.05 Å². The van der Waals surface area contributed by atoms with Crippen molar-refractivity contribution in [1.82, 2.24) is 5.32 Å². The summed E-state index contributed by atoms with van der Waals surface area (Å²) in [5.74, 6) is 1.60. The number of ether oxygens (including phenoxy) is 1. The monoisotopic (exact) mass is 469 g/mol. The molecule has 1 fully saturated rings. The number of fused-ring (bicyclic) bond motifs is 1. The molecule has 8 heteroatoms. The lowest BCUT2D eigenvalue weighted by Gasteiger charge is -2.35. The molecular weight excluding hydrogens is 441 g/mol. The summed E-state index contributed by atoms with van der Waals surface area (Å²) in [4.78, 5) is 16.2. The first-order chi connectivity index (χ1) is 13.7. The van der Waals surface area contributed by atoms with Gasteiger partial charge in [-0.3, -0.25) is 4.79 Å². The molecule has 1 saturated heterocycles. The molecule has 0 aliphatic carbocycles. The summed E-state index contributed by atoms with van der Waals surface area (Å²) in [5, 5.41) is 3.81. The maximum Gasteiger partial charge on any atom is 0.286 e. The fraction of sp³-hybridized carbons (Fsp3) is 0.409. The molecule has 5 nitrogen and oxygen atoms in total. The number of carbonyl (C=O) groups is 1. The minimum absolute atomic E-state index is 0. The Labute approximate surface area is 195 Å². The number of hydrogen-bond acceptors (Lipinski definition) is 5. The first-order valence-electron chi connectivity index (χ1n) is 9.79. The van der Waals surface area contributed by atoms with Crippen LogP contribution in [0.5, 0.6) is 5.75 Å². The minimum atomic E-state index is 0. The van der Waals surface area contributed by atoms with Gasteiger partial charge >= 0.3 is 0 Å². The van der Waals surface area contributed by atoms with Crippen LogP contribution >= 0.6 is 36.6 Å². The maximum atomic E-state index is 12.0. The number of hydrogen-bond donors (Lipinski definition) is 1. The van der Waals surface area contributed by atoms with E-state index in [0.717, 1.165) is 42.2 Å². The van der Waals surface area contributed by atoms with E-state index in [1.165, 1.54) is 30.3 Å². The van der Waals surface area contributed by atoms with Gasteiger partial charge in [-0.2, -0.15) is 0 Å². The lowest BCUT2D eigenvalue weighted by atomic mass is 10.0. The highest BCUT2D eigenvalue weighted by atomic mass is 35.5.